The van der Waals surface area contributed by atoms with E-state index in [0.717, 1.165) is 18.8 Å². The summed E-state index contributed by atoms with van der Waals surface area (Å²) < 4.78 is 25.1. The Kier molecular flexibility index (Phi) is 1.62. The van der Waals surface area contributed by atoms with Gasteiger partial charge in [0.15, 0.2) is 0 Å². The van der Waals surface area contributed by atoms with E-state index in [2.05, 4.69) is 11.8 Å². The lowest BCUT2D eigenvalue weighted by atomic mass is 9.88. The second-order valence-corrected chi connectivity index (χ2v) is 5.01. The first kappa shape index (κ1) is 8.84. The monoisotopic (exact) mass is 199 g/mol. The number of nitrogens with zero attached hydrogens (tertiary/aromatic N) is 1. The standard InChI is InChI=1S/C11H15F2N/c1-2-11-4-7-3-9(7)14(11)6-8(5-11)10(12)13/h7,9H,2-6H2,1H3/t7?,9?,11-/m0/s1. The fourth-order valence-corrected chi connectivity index (χ4v) is 3.51. The molecule has 3 atom stereocenters. The van der Waals surface area contributed by atoms with Crippen LogP contribution in [0.3, 0.4) is 0 Å². The summed E-state index contributed by atoms with van der Waals surface area (Å²) in [4.78, 5) is 2.35. The van der Waals surface area contributed by atoms with Crippen molar-refractivity contribution in [2.45, 2.75) is 44.2 Å². The van der Waals surface area contributed by atoms with Crippen LogP contribution < -0.4 is 0 Å². The van der Waals surface area contributed by atoms with E-state index in [1.165, 1.54) is 6.42 Å². The van der Waals surface area contributed by atoms with Crippen LogP contribution >= 0.6 is 0 Å². The summed E-state index contributed by atoms with van der Waals surface area (Å²) in [6.45, 7) is 2.67. The topological polar surface area (TPSA) is 3.24 Å². The average molecular weight is 199 g/mol. The molecular formula is C11H15F2N. The lowest BCUT2D eigenvalue weighted by Crippen LogP contribution is -2.40. The Morgan fingerprint density at radius 1 is 1.57 bits per heavy atom. The number of halogens is 2. The van der Waals surface area contributed by atoms with Gasteiger partial charge in [-0.25, -0.2) is 0 Å². The maximum Gasteiger partial charge on any atom is 0.270 e. The summed E-state index contributed by atoms with van der Waals surface area (Å²) in [6.07, 6.45) is 2.63. The van der Waals surface area contributed by atoms with Crippen molar-refractivity contribution < 1.29 is 8.78 Å². The molecule has 0 spiro atoms. The SMILES string of the molecule is CC[C@]12CC(=C(F)F)CN1C1CC1C2. The van der Waals surface area contributed by atoms with Gasteiger partial charge >= 0.3 is 0 Å². The minimum absolute atomic E-state index is 0.117. The molecule has 0 aromatic carbocycles. The molecule has 3 aliphatic rings. The smallest absolute Gasteiger partial charge is 0.270 e. The molecular weight excluding hydrogens is 184 g/mol. The largest absolute Gasteiger partial charge is 0.290 e. The lowest BCUT2D eigenvalue weighted by molar-refractivity contribution is 0.155. The maximum absolute atomic E-state index is 12.5. The Morgan fingerprint density at radius 2 is 2.36 bits per heavy atom. The predicted octanol–water partition coefficient (Wildman–Crippen LogP) is 2.78. The minimum atomic E-state index is -1.43. The molecule has 0 amide bonds. The first-order chi connectivity index (χ1) is 6.66. The molecule has 0 aromatic heterocycles. The van der Waals surface area contributed by atoms with E-state index in [0.29, 0.717) is 24.6 Å². The Morgan fingerprint density at radius 3 is 2.93 bits per heavy atom. The van der Waals surface area contributed by atoms with Gasteiger partial charge in [0, 0.05) is 23.7 Å². The van der Waals surface area contributed by atoms with Crippen molar-refractivity contribution in [3.8, 4) is 0 Å². The van der Waals surface area contributed by atoms with Crippen molar-refractivity contribution in [3.05, 3.63) is 11.7 Å². The molecule has 0 N–H and O–H groups in total. The van der Waals surface area contributed by atoms with E-state index in [1.807, 2.05) is 0 Å². The highest BCUT2D eigenvalue weighted by Gasteiger charge is 2.61. The summed E-state index contributed by atoms with van der Waals surface area (Å²) in [5.41, 5.74) is 0.518. The fraction of sp³-hybridized carbons (Fsp3) is 0.818. The van der Waals surface area contributed by atoms with E-state index in [9.17, 15) is 8.78 Å². The van der Waals surface area contributed by atoms with Gasteiger partial charge in [0.1, 0.15) is 0 Å². The number of rotatable bonds is 1. The van der Waals surface area contributed by atoms with Crippen molar-refractivity contribution in [2.24, 2.45) is 5.92 Å². The van der Waals surface area contributed by atoms with Gasteiger partial charge in [-0.05, 0) is 31.6 Å². The molecule has 3 rings (SSSR count). The van der Waals surface area contributed by atoms with E-state index in [-0.39, 0.29) is 5.54 Å². The third-order valence-electron chi connectivity index (χ3n) is 4.37. The summed E-state index contributed by atoms with van der Waals surface area (Å²) in [6, 6.07) is 0.645. The number of fused-ring (bicyclic) bond motifs is 3. The van der Waals surface area contributed by atoms with E-state index in [4.69, 9.17) is 0 Å². The molecule has 3 heteroatoms. The molecule has 14 heavy (non-hydrogen) atoms. The van der Waals surface area contributed by atoms with Crippen LogP contribution in [0.4, 0.5) is 8.78 Å². The molecule has 0 radical (unpaired) electrons. The van der Waals surface area contributed by atoms with Crippen LogP contribution in [0.5, 0.6) is 0 Å². The van der Waals surface area contributed by atoms with Gasteiger partial charge in [-0.1, -0.05) is 6.92 Å². The highest BCUT2D eigenvalue weighted by atomic mass is 19.3. The second kappa shape index (κ2) is 2.57. The molecule has 1 nitrogen and oxygen atoms in total. The van der Waals surface area contributed by atoms with Crippen LogP contribution in [-0.2, 0) is 0 Å². The van der Waals surface area contributed by atoms with Crippen molar-refractivity contribution in [1.29, 1.82) is 0 Å². The Labute approximate surface area is 82.8 Å². The van der Waals surface area contributed by atoms with Gasteiger partial charge in [0.05, 0.1) is 0 Å². The Bertz CT molecular complexity index is 308. The summed E-state index contributed by atoms with van der Waals surface area (Å²) in [5, 5.41) is 0. The average Bonchev–Trinajstić information content (AvgIpc) is 2.69. The van der Waals surface area contributed by atoms with E-state index >= 15 is 0 Å². The highest BCUT2D eigenvalue weighted by Crippen LogP contribution is 2.59. The van der Waals surface area contributed by atoms with Gasteiger partial charge < -0.3 is 0 Å². The number of hydrogen-bond donors (Lipinski definition) is 0. The second-order valence-electron chi connectivity index (χ2n) is 5.01. The Balaban J connectivity index is 1.92. The third-order valence-corrected chi connectivity index (χ3v) is 4.37. The zero-order valence-corrected chi connectivity index (χ0v) is 8.39. The van der Waals surface area contributed by atoms with E-state index < -0.39 is 6.08 Å². The molecule has 3 fully saturated rings. The fourth-order valence-electron chi connectivity index (χ4n) is 3.51. The summed E-state index contributed by atoms with van der Waals surface area (Å²) >= 11 is 0. The van der Waals surface area contributed by atoms with Crippen LogP contribution in [0, 0.1) is 5.92 Å². The molecule has 1 aliphatic carbocycles. The maximum atomic E-state index is 12.5. The molecule has 2 saturated heterocycles. The summed E-state index contributed by atoms with van der Waals surface area (Å²) in [5.74, 6) is 0.833. The molecule has 2 unspecified atom stereocenters. The van der Waals surface area contributed by atoms with E-state index in [1.54, 1.807) is 0 Å². The molecule has 2 heterocycles. The van der Waals surface area contributed by atoms with Crippen molar-refractivity contribution in [1.82, 2.24) is 4.90 Å². The molecule has 2 aliphatic heterocycles. The number of hydrogen-bond acceptors (Lipinski definition) is 1. The van der Waals surface area contributed by atoms with Gasteiger partial charge in [0.25, 0.3) is 6.08 Å². The van der Waals surface area contributed by atoms with Crippen molar-refractivity contribution in [3.63, 3.8) is 0 Å². The Hall–Kier alpha value is -0.440. The first-order valence-electron chi connectivity index (χ1n) is 5.46. The zero-order chi connectivity index (χ0) is 9.92. The van der Waals surface area contributed by atoms with Crippen LogP contribution in [0.2, 0.25) is 0 Å². The van der Waals surface area contributed by atoms with Gasteiger partial charge in [0.2, 0.25) is 0 Å². The minimum Gasteiger partial charge on any atom is -0.290 e. The zero-order valence-electron chi connectivity index (χ0n) is 8.39. The highest BCUT2D eigenvalue weighted by molar-refractivity contribution is 5.26. The summed E-state index contributed by atoms with van der Waals surface area (Å²) in [7, 11) is 0. The van der Waals surface area contributed by atoms with Gasteiger partial charge in [-0.15, -0.1) is 0 Å². The van der Waals surface area contributed by atoms with Gasteiger partial charge in [-0.2, -0.15) is 8.78 Å². The van der Waals surface area contributed by atoms with Crippen LogP contribution in [0.1, 0.15) is 32.6 Å². The van der Waals surface area contributed by atoms with Crippen LogP contribution in [0.15, 0.2) is 11.7 Å². The predicted molar refractivity (Wildman–Crippen MR) is 50.1 cm³/mol. The normalized spacial score (nSPS) is 45.2. The van der Waals surface area contributed by atoms with Gasteiger partial charge in [-0.3, -0.25) is 4.90 Å². The quantitative estimate of drug-likeness (QED) is 0.627. The third kappa shape index (κ3) is 0.964. The number of piperidine rings is 1. The molecule has 0 bridgehead atoms. The molecule has 1 saturated carbocycles. The van der Waals surface area contributed by atoms with Crippen LogP contribution in [-0.4, -0.2) is 23.0 Å². The molecule has 0 aromatic rings. The van der Waals surface area contributed by atoms with Crippen molar-refractivity contribution in [2.75, 3.05) is 6.54 Å². The van der Waals surface area contributed by atoms with Crippen LogP contribution in [0.25, 0.3) is 0 Å². The molecule has 78 valence electrons. The van der Waals surface area contributed by atoms with Crippen molar-refractivity contribution >= 4 is 0 Å². The first-order valence-corrected chi connectivity index (χ1v) is 5.46. The lowest BCUT2D eigenvalue weighted by Gasteiger charge is -2.33.